The van der Waals surface area contributed by atoms with Gasteiger partial charge < -0.3 is 9.13 Å². The van der Waals surface area contributed by atoms with Gasteiger partial charge >= 0.3 is 0 Å². The minimum absolute atomic E-state index is 0.168. The maximum absolute atomic E-state index is 2.61. The van der Waals surface area contributed by atoms with Gasteiger partial charge in [0.15, 0.2) is 0 Å². The number of hydrogen-bond acceptors (Lipinski definition) is 0. The second-order valence-corrected chi connectivity index (χ2v) is 26.5. The van der Waals surface area contributed by atoms with Crippen molar-refractivity contribution in [2.75, 3.05) is 0 Å². The van der Waals surface area contributed by atoms with E-state index in [1.54, 1.807) is 0 Å². The van der Waals surface area contributed by atoms with Crippen LogP contribution in [0.4, 0.5) is 0 Å². The molecule has 2 heteroatoms. The summed E-state index contributed by atoms with van der Waals surface area (Å²) in [4.78, 5) is 0. The van der Waals surface area contributed by atoms with Gasteiger partial charge in [0.2, 0.25) is 0 Å². The van der Waals surface area contributed by atoms with Crippen LogP contribution in [-0.4, -0.2) is 9.13 Å². The minimum atomic E-state index is -0.266. The number of benzene rings is 11. The molecule has 82 heavy (non-hydrogen) atoms. The summed E-state index contributed by atoms with van der Waals surface area (Å²) >= 11 is 0. The number of fused-ring (bicyclic) bond motifs is 10. The molecule has 2 heterocycles. The van der Waals surface area contributed by atoms with Crippen LogP contribution < -0.4 is 0 Å². The van der Waals surface area contributed by atoms with E-state index in [1.807, 2.05) is 0 Å². The van der Waals surface area contributed by atoms with E-state index < -0.39 is 0 Å². The molecule has 11 aromatic carbocycles. The Morgan fingerprint density at radius 1 is 0.280 bits per heavy atom. The average molecular weight is 1060 g/mol. The van der Waals surface area contributed by atoms with E-state index in [4.69, 9.17) is 0 Å². The fourth-order valence-corrected chi connectivity index (χ4v) is 15.1. The molecule has 0 aliphatic heterocycles. The lowest BCUT2D eigenvalue weighted by atomic mass is 9.73. The molecular weight excluding hydrogens is 989 g/mol. The first-order chi connectivity index (χ1) is 39.5. The van der Waals surface area contributed by atoms with E-state index in [0.29, 0.717) is 0 Å². The molecule has 0 N–H and O–H groups in total. The van der Waals surface area contributed by atoms with Gasteiger partial charge in [-0.15, -0.1) is 0 Å². The summed E-state index contributed by atoms with van der Waals surface area (Å²) in [6.07, 6.45) is 0. The number of hydrogen-bond donors (Lipinski definition) is 0. The van der Waals surface area contributed by atoms with Gasteiger partial charge in [-0.1, -0.05) is 251 Å². The Morgan fingerprint density at radius 2 is 0.585 bits per heavy atom. The third-order valence-electron chi connectivity index (χ3n) is 18.7. The van der Waals surface area contributed by atoms with Crippen LogP contribution in [0.2, 0.25) is 0 Å². The van der Waals surface area contributed by atoms with Crippen LogP contribution in [0.1, 0.15) is 103 Å². The largest absolute Gasteiger partial charge is 0.309 e. The summed E-state index contributed by atoms with van der Waals surface area (Å²) in [5, 5.41) is 7.69. The Bertz CT molecular complexity index is 4460. The van der Waals surface area contributed by atoms with Gasteiger partial charge in [0, 0.05) is 44.1 Å². The van der Waals surface area contributed by atoms with Crippen molar-refractivity contribution in [3.05, 3.63) is 264 Å². The molecule has 0 unspecified atom stereocenters. The Balaban J connectivity index is 1.12. The third-order valence-corrected chi connectivity index (χ3v) is 18.7. The minimum Gasteiger partial charge on any atom is -0.309 e. The van der Waals surface area contributed by atoms with Crippen LogP contribution in [0.25, 0.3) is 122 Å². The fraction of sp³-hybridized carbons (Fsp3) is 0.175. The van der Waals surface area contributed by atoms with Crippen molar-refractivity contribution in [2.45, 2.75) is 90.9 Å². The topological polar surface area (TPSA) is 9.86 Å². The van der Waals surface area contributed by atoms with Crippen molar-refractivity contribution in [1.29, 1.82) is 0 Å². The molecule has 0 saturated carbocycles. The van der Waals surface area contributed by atoms with Gasteiger partial charge in [-0.25, -0.2) is 0 Å². The zero-order valence-corrected chi connectivity index (χ0v) is 48.8. The van der Waals surface area contributed by atoms with Crippen molar-refractivity contribution < 1.29 is 0 Å². The summed E-state index contributed by atoms with van der Waals surface area (Å²) in [6.45, 7) is 24.2. The Kier molecular flexibility index (Phi) is 10.8. The molecule has 2 aliphatic rings. The van der Waals surface area contributed by atoms with E-state index in [1.165, 1.54) is 155 Å². The molecule has 0 atom stereocenters. The van der Waals surface area contributed by atoms with Crippen LogP contribution in [-0.2, 0) is 21.7 Å². The summed E-state index contributed by atoms with van der Waals surface area (Å²) < 4.78 is 5.22. The summed E-state index contributed by atoms with van der Waals surface area (Å²) in [5.74, 6) is 0. The smallest absolute Gasteiger partial charge is 0.0619 e. The normalized spacial score (nSPS) is 14.2. The second kappa shape index (κ2) is 17.8. The monoisotopic (exact) mass is 1060 g/mol. The highest BCUT2D eigenvalue weighted by atomic mass is 15.0. The molecule has 398 valence electrons. The Morgan fingerprint density at radius 3 is 0.939 bits per heavy atom. The van der Waals surface area contributed by atoms with Crippen LogP contribution in [0.15, 0.2) is 231 Å². The van der Waals surface area contributed by atoms with Crippen molar-refractivity contribution in [2.24, 2.45) is 0 Å². The first-order valence-corrected chi connectivity index (χ1v) is 29.4. The van der Waals surface area contributed by atoms with Crippen LogP contribution in [0.5, 0.6) is 0 Å². The predicted octanol–water partition coefficient (Wildman–Crippen LogP) is 21.8. The first-order valence-electron chi connectivity index (χ1n) is 29.4. The molecule has 2 aromatic heterocycles. The van der Waals surface area contributed by atoms with Crippen LogP contribution >= 0.6 is 0 Å². The van der Waals surface area contributed by atoms with Gasteiger partial charge in [-0.2, -0.15) is 0 Å². The third kappa shape index (κ3) is 7.26. The zero-order valence-electron chi connectivity index (χ0n) is 48.8. The summed E-state index contributed by atoms with van der Waals surface area (Å²) in [6, 6.07) is 87.5. The van der Waals surface area contributed by atoms with Crippen molar-refractivity contribution >= 4 is 43.4 Å². The average Bonchev–Trinajstić information content (AvgIpc) is 1.66. The molecule has 15 rings (SSSR count). The molecular formula is C80H68N2. The Hall–Kier alpha value is -8.98. The van der Waals surface area contributed by atoms with E-state index in [-0.39, 0.29) is 21.7 Å². The van der Waals surface area contributed by atoms with E-state index >= 15 is 0 Å². The summed E-state index contributed by atoms with van der Waals surface area (Å²) in [5.41, 5.74) is 27.1. The highest BCUT2D eigenvalue weighted by Crippen LogP contribution is 2.55. The molecule has 0 saturated heterocycles. The van der Waals surface area contributed by atoms with E-state index in [2.05, 4.69) is 309 Å². The standard InChI is InChI=1S/C80H68N2/c1-77(2,3)73-59-45-63-70(82(75(51-31-19-13-20-32-51)71(63)49-27-15-11-16-28-49)54-40-42-58-56-36-24-26-38-66(56)80(9,10)68(58)44-54)48-62(59)74(78(4,5)6)60-46-64-69(47-61(60)73)81(76(52-33-21-14-22-34-52)72(64)50-29-17-12-18-30-50)53-39-41-57-55-35-23-25-37-65(55)79(7,8)67(57)43-53/h11-48H,1-10H3. The van der Waals surface area contributed by atoms with E-state index in [9.17, 15) is 0 Å². The van der Waals surface area contributed by atoms with Gasteiger partial charge in [0.1, 0.15) is 0 Å². The van der Waals surface area contributed by atoms with Gasteiger partial charge in [-0.3, -0.25) is 0 Å². The quantitative estimate of drug-likeness (QED) is 0.147. The lowest BCUT2D eigenvalue weighted by Crippen LogP contribution is -2.18. The van der Waals surface area contributed by atoms with Crippen molar-refractivity contribution in [3.63, 3.8) is 0 Å². The molecule has 0 spiro atoms. The number of rotatable bonds is 6. The molecule has 2 nitrogen and oxygen atoms in total. The zero-order chi connectivity index (χ0) is 56.2. The fourth-order valence-electron chi connectivity index (χ4n) is 15.1. The van der Waals surface area contributed by atoms with Crippen molar-refractivity contribution in [3.8, 4) is 78.4 Å². The van der Waals surface area contributed by atoms with Crippen molar-refractivity contribution in [1.82, 2.24) is 9.13 Å². The van der Waals surface area contributed by atoms with Crippen LogP contribution in [0.3, 0.4) is 0 Å². The van der Waals surface area contributed by atoms with Gasteiger partial charge in [-0.05, 0) is 159 Å². The SMILES string of the molecule is CC(C)(C)c1c2cc3c(-c4ccccc4)c(-c4ccccc4)n(-c4ccc5c(c4)C(C)(C)c4ccccc4-5)c3cc2c(C(C)(C)C)c2cc3c(-c4ccccc4)c(-c4ccccc4)n(-c4ccc5c(c4)C(C)(C)c4ccccc4-5)c3cc12. The maximum Gasteiger partial charge on any atom is 0.0619 e. The molecule has 0 radical (unpaired) electrons. The highest BCUT2D eigenvalue weighted by molar-refractivity contribution is 6.19. The van der Waals surface area contributed by atoms with E-state index in [0.717, 1.165) is 0 Å². The second-order valence-electron chi connectivity index (χ2n) is 26.5. The molecule has 2 aliphatic carbocycles. The predicted molar refractivity (Wildman–Crippen MR) is 349 cm³/mol. The Labute approximate surface area is 483 Å². The van der Waals surface area contributed by atoms with Gasteiger partial charge in [0.05, 0.1) is 22.4 Å². The molecule has 0 bridgehead atoms. The molecule has 0 amide bonds. The number of nitrogens with zero attached hydrogens (tertiary/aromatic N) is 2. The van der Waals surface area contributed by atoms with Gasteiger partial charge in [0.25, 0.3) is 0 Å². The molecule has 13 aromatic rings. The van der Waals surface area contributed by atoms with Crippen LogP contribution in [0, 0.1) is 0 Å². The first kappa shape index (κ1) is 50.0. The summed E-state index contributed by atoms with van der Waals surface area (Å²) in [7, 11) is 0. The highest BCUT2D eigenvalue weighted by Gasteiger charge is 2.39. The lowest BCUT2D eigenvalue weighted by Gasteiger charge is -2.31. The number of aromatic nitrogens is 2. The maximum atomic E-state index is 2.61. The molecule has 0 fully saturated rings. The lowest BCUT2D eigenvalue weighted by molar-refractivity contribution is 0.593.